The molecule has 10 aromatic carbocycles. The Morgan fingerprint density at radius 2 is 0.701 bits per heavy atom. The molecule has 4 nitrogen and oxygen atoms in total. The van der Waals surface area contributed by atoms with Gasteiger partial charge < -0.3 is 0 Å². The number of benzene rings is 10. The van der Waals surface area contributed by atoms with Crippen molar-refractivity contribution in [1.29, 1.82) is 0 Å². The zero-order valence-corrected chi connectivity index (χ0v) is 36.2. The van der Waals surface area contributed by atoms with Crippen LogP contribution in [0.4, 0.5) is 5.69 Å². The zero-order valence-electron chi connectivity index (χ0n) is 36.2. The summed E-state index contributed by atoms with van der Waals surface area (Å²) in [5.41, 5.74) is 19.8. The van der Waals surface area contributed by atoms with Gasteiger partial charge in [-0.05, 0) is 107 Å². The molecule has 1 spiro atoms. The Morgan fingerprint density at radius 3 is 1.27 bits per heavy atom. The van der Waals surface area contributed by atoms with Gasteiger partial charge in [-0.3, -0.25) is 0 Å². The van der Waals surface area contributed by atoms with Crippen LogP contribution >= 0.6 is 0 Å². The van der Waals surface area contributed by atoms with Crippen molar-refractivity contribution in [1.82, 2.24) is 15.0 Å². The van der Waals surface area contributed by atoms with E-state index in [0.29, 0.717) is 23.2 Å². The van der Waals surface area contributed by atoms with Gasteiger partial charge in [0.25, 0.3) is 0 Å². The summed E-state index contributed by atoms with van der Waals surface area (Å²) in [6.45, 7) is 7.53. The van der Waals surface area contributed by atoms with Gasteiger partial charge >= 0.3 is 0 Å². The normalized spacial score (nSPS) is 14.0. The van der Waals surface area contributed by atoms with Crippen molar-refractivity contribution in [2.75, 3.05) is 0 Å². The average molecular weight is 851 g/mol. The van der Waals surface area contributed by atoms with E-state index < -0.39 is 5.41 Å². The van der Waals surface area contributed by atoms with E-state index in [9.17, 15) is 0 Å². The molecule has 0 fully saturated rings. The van der Waals surface area contributed by atoms with E-state index in [1.54, 1.807) is 0 Å². The Balaban J connectivity index is 0.966. The fourth-order valence-electron chi connectivity index (χ4n) is 10.7. The summed E-state index contributed by atoms with van der Waals surface area (Å²) >= 11 is 0. The van der Waals surface area contributed by atoms with Crippen molar-refractivity contribution >= 4 is 16.5 Å². The van der Waals surface area contributed by atoms with Crippen LogP contribution in [0.25, 0.3) is 105 Å². The van der Waals surface area contributed by atoms with E-state index >= 15 is 0 Å². The summed E-state index contributed by atoms with van der Waals surface area (Å²) in [7, 11) is 0. The smallest absolute Gasteiger partial charge is 0.187 e. The Bertz CT molecular complexity index is 3730. The topological polar surface area (TPSA) is 43.0 Å². The summed E-state index contributed by atoms with van der Waals surface area (Å²) in [6.07, 6.45) is 0. The largest absolute Gasteiger partial charge is 0.238 e. The standard InChI is InChI=1S/C63H38N4/c1-64-50-20-10-19-47(37-50)40-25-27-41(28-26-40)48-33-35-52-53-36-34-49(39-58(53)63(57(52)38-48)55-23-9-8-21-51(55)54-22-11-17-43-18-12-24-56(63)59(43)54)42-29-31-46(32-30-42)62-66-60(44-13-4-2-5-14-44)65-61(67-62)45-15-6-3-7-16-45/h2-39H. The molecule has 0 saturated carbocycles. The van der Waals surface area contributed by atoms with Crippen molar-refractivity contribution in [3.05, 3.63) is 264 Å². The van der Waals surface area contributed by atoms with Crippen LogP contribution in [0.2, 0.25) is 0 Å². The molecule has 0 saturated heterocycles. The summed E-state index contributed by atoms with van der Waals surface area (Å²) in [5, 5.41) is 2.54. The van der Waals surface area contributed by atoms with Crippen LogP contribution < -0.4 is 0 Å². The van der Waals surface area contributed by atoms with Gasteiger partial charge in [-0.2, -0.15) is 0 Å². The number of rotatable bonds is 6. The SMILES string of the molecule is [C-]#[N+]c1cccc(-c2ccc(-c3ccc4c(c3)C3(c5cc(-c6ccc(-c7nc(-c8ccccc8)nc(-c8ccccc8)n7)cc6)ccc5-4)c4ccccc4-c4cccc5cccc3c45)cc2)c1. The predicted octanol–water partition coefficient (Wildman–Crippen LogP) is 15.9. The van der Waals surface area contributed by atoms with Gasteiger partial charge in [0.1, 0.15) is 0 Å². The first-order valence-corrected chi connectivity index (χ1v) is 22.6. The van der Waals surface area contributed by atoms with Crippen LogP contribution in [0.15, 0.2) is 231 Å². The Hall–Kier alpha value is -9.04. The predicted molar refractivity (Wildman–Crippen MR) is 273 cm³/mol. The zero-order chi connectivity index (χ0) is 44.5. The highest BCUT2D eigenvalue weighted by Gasteiger charge is 2.50. The molecule has 2 aliphatic rings. The first-order valence-electron chi connectivity index (χ1n) is 22.6. The quantitative estimate of drug-likeness (QED) is 0.157. The second-order valence-electron chi connectivity index (χ2n) is 17.4. The second-order valence-corrected chi connectivity index (χ2v) is 17.4. The van der Waals surface area contributed by atoms with Gasteiger partial charge in [0.15, 0.2) is 23.2 Å². The molecule has 67 heavy (non-hydrogen) atoms. The molecular weight excluding hydrogens is 813 g/mol. The number of hydrogen-bond acceptors (Lipinski definition) is 3. The third kappa shape index (κ3) is 6.10. The van der Waals surface area contributed by atoms with E-state index in [-0.39, 0.29) is 0 Å². The van der Waals surface area contributed by atoms with Crippen molar-refractivity contribution < 1.29 is 0 Å². The van der Waals surface area contributed by atoms with Gasteiger partial charge in [0.2, 0.25) is 0 Å². The van der Waals surface area contributed by atoms with Gasteiger partial charge in [0.05, 0.1) is 12.0 Å². The van der Waals surface area contributed by atoms with Crippen LogP contribution in [-0.4, -0.2) is 15.0 Å². The minimum atomic E-state index is -0.590. The summed E-state index contributed by atoms with van der Waals surface area (Å²) in [5.74, 6) is 1.92. The molecule has 4 heteroatoms. The third-order valence-corrected chi connectivity index (χ3v) is 13.8. The van der Waals surface area contributed by atoms with Crippen LogP contribution in [0.3, 0.4) is 0 Å². The van der Waals surface area contributed by atoms with E-state index in [4.69, 9.17) is 21.5 Å². The molecule has 1 unspecified atom stereocenters. The first kappa shape index (κ1) is 38.4. The summed E-state index contributed by atoms with van der Waals surface area (Å²) in [4.78, 5) is 18.6. The minimum absolute atomic E-state index is 0.590. The molecule has 0 N–H and O–H groups in total. The maximum atomic E-state index is 7.53. The molecule has 310 valence electrons. The fourth-order valence-corrected chi connectivity index (χ4v) is 10.7. The lowest BCUT2D eigenvalue weighted by atomic mass is 9.61. The maximum absolute atomic E-state index is 7.53. The van der Waals surface area contributed by atoms with E-state index in [1.807, 2.05) is 78.9 Å². The number of hydrogen-bond donors (Lipinski definition) is 0. The lowest BCUT2D eigenvalue weighted by molar-refractivity contribution is 0.774. The molecule has 2 aliphatic carbocycles. The molecule has 0 radical (unpaired) electrons. The number of nitrogens with zero attached hydrogens (tertiary/aromatic N) is 4. The number of aromatic nitrogens is 3. The van der Waals surface area contributed by atoms with Crippen molar-refractivity contribution in [2.24, 2.45) is 0 Å². The molecular formula is C63H38N4. The van der Waals surface area contributed by atoms with Crippen molar-refractivity contribution in [3.8, 4) is 89.8 Å². The third-order valence-electron chi connectivity index (χ3n) is 13.8. The molecule has 1 atom stereocenters. The molecule has 13 rings (SSSR count). The van der Waals surface area contributed by atoms with Crippen LogP contribution in [0, 0.1) is 6.57 Å². The van der Waals surface area contributed by atoms with Gasteiger partial charge in [0, 0.05) is 16.7 Å². The highest BCUT2D eigenvalue weighted by Crippen LogP contribution is 2.62. The molecule has 0 bridgehead atoms. The molecule has 0 aliphatic heterocycles. The Kier molecular flexibility index (Phi) is 8.78. The molecule has 0 amide bonds. The van der Waals surface area contributed by atoms with Gasteiger partial charge in [-0.15, -0.1) is 0 Å². The van der Waals surface area contributed by atoms with Crippen molar-refractivity contribution in [3.63, 3.8) is 0 Å². The highest BCUT2D eigenvalue weighted by atomic mass is 15.0. The van der Waals surface area contributed by atoms with E-state index in [1.165, 1.54) is 55.3 Å². The van der Waals surface area contributed by atoms with Crippen LogP contribution in [0.1, 0.15) is 22.3 Å². The Labute approximate surface area is 389 Å². The van der Waals surface area contributed by atoms with Crippen LogP contribution in [0.5, 0.6) is 0 Å². The maximum Gasteiger partial charge on any atom is 0.187 e. The van der Waals surface area contributed by atoms with Gasteiger partial charge in [-0.25, -0.2) is 19.8 Å². The minimum Gasteiger partial charge on any atom is -0.238 e. The summed E-state index contributed by atoms with van der Waals surface area (Å²) in [6, 6.07) is 82.2. The second kappa shape index (κ2) is 15.3. The monoisotopic (exact) mass is 850 g/mol. The van der Waals surface area contributed by atoms with Crippen molar-refractivity contribution in [2.45, 2.75) is 5.41 Å². The van der Waals surface area contributed by atoms with Crippen LogP contribution in [-0.2, 0) is 5.41 Å². The fraction of sp³-hybridized carbons (Fsp3) is 0.0159. The Morgan fingerprint density at radius 1 is 0.299 bits per heavy atom. The lowest BCUT2D eigenvalue weighted by Gasteiger charge is -2.40. The molecule has 1 aromatic heterocycles. The molecule has 11 aromatic rings. The summed E-state index contributed by atoms with van der Waals surface area (Å²) < 4.78 is 0. The first-order chi connectivity index (χ1) is 33.1. The molecule has 1 heterocycles. The highest BCUT2D eigenvalue weighted by molar-refractivity contribution is 6.07. The average Bonchev–Trinajstić information content (AvgIpc) is 3.69. The van der Waals surface area contributed by atoms with E-state index in [0.717, 1.165) is 50.1 Å². The van der Waals surface area contributed by atoms with E-state index in [2.05, 4.69) is 157 Å². The van der Waals surface area contributed by atoms with Gasteiger partial charge in [-0.1, -0.05) is 212 Å². The lowest BCUT2D eigenvalue weighted by Crippen LogP contribution is -2.31. The number of fused-ring (bicyclic) bond motifs is 9.